The molecule has 1 saturated heterocycles. The molecule has 0 aromatic carbocycles. The number of nitrogens with zero attached hydrogens (tertiary/aromatic N) is 2. The van der Waals surface area contributed by atoms with Gasteiger partial charge < -0.3 is 15.7 Å². The fourth-order valence-electron chi connectivity index (χ4n) is 1.63. The van der Waals surface area contributed by atoms with Gasteiger partial charge in [0.1, 0.15) is 5.15 Å². The minimum atomic E-state index is -0.683. The summed E-state index contributed by atoms with van der Waals surface area (Å²) in [6.45, 7) is 0.194. The van der Waals surface area contributed by atoms with Gasteiger partial charge in [-0.15, -0.1) is 0 Å². The van der Waals surface area contributed by atoms with Crippen molar-refractivity contribution in [2.45, 2.75) is 12.5 Å². The van der Waals surface area contributed by atoms with E-state index in [4.69, 9.17) is 28.9 Å². The number of nitrogens with two attached hydrogens (primary N) is 1. The number of pyridine rings is 1. The predicted molar refractivity (Wildman–Crippen MR) is 61.6 cm³/mol. The molecule has 0 spiro atoms. The van der Waals surface area contributed by atoms with Gasteiger partial charge in [-0.1, -0.05) is 23.2 Å². The Hall–Kier alpha value is -1.04. The zero-order chi connectivity index (χ0) is 11.9. The second-order valence-corrected chi connectivity index (χ2v) is 4.28. The fraction of sp³-hybridized carbons (Fsp3) is 0.333. The van der Waals surface area contributed by atoms with Crippen molar-refractivity contribution < 1.29 is 9.90 Å². The molecule has 1 aliphatic rings. The molecule has 2 heterocycles. The molecule has 1 unspecified atom stereocenters. The van der Waals surface area contributed by atoms with Gasteiger partial charge in [0.15, 0.2) is 5.15 Å². The first-order valence-corrected chi connectivity index (χ1v) is 5.34. The van der Waals surface area contributed by atoms with Crippen LogP contribution in [0.5, 0.6) is 0 Å². The van der Waals surface area contributed by atoms with Crippen molar-refractivity contribution in [3.05, 3.63) is 16.4 Å². The van der Waals surface area contributed by atoms with Crippen LogP contribution in [0, 0.1) is 0 Å². The Morgan fingerprint density at radius 1 is 1.56 bits per heavy atom. The summed E-state index contributed by atoms with van der Waals surface area (Å²) in [4.78, 5) is 16.7. The van der Waals surface area contributed by atoms with E-state index >= 15 is 0 Å². The second-order valence-electron chi connectivity index (χ2n) is 3.53. The molecule has 3 N–H and O–H groups in total. The van der Waals surface area contributed by atoms with E-state index in [1.54, 1.807) is 0 Å². The predicted octanol–water partition coefficient (Wildman–Crippen LogP) is 1.07. The number of hydrogen-bond acceptors (Lipinski definition) is 4. The molecule has 1 aromatic heterocycles. The zero-order valence-corrected chi connectivity index (χ0v) is 9.66. The van der Waals surface area contributed by atoms with Crippen molar-refractivity contribution >= 4 is 40.5 Å². The molecule has 16 heavy (non-hydrogen) atoms. The lowest BCUT2D eigenvalue weighted by Gasteiger charge is -2.18. The Morgan fingerprint density at radius 3 is 2.81 bits per heavy atom. The van der Waals surface area contributed by atoms with Gasteiger partial charge in [-0.3, -0.25) is 4.79 Å². The molecule has 1 atom stereocenters. The number of aromatic nitrogens is 1. The Morgan fingerprint density at radius 2 is 2.25 bits per heavy atom. The van der Waals surface area contributed by atoms with Crippen LogP contribution in [0.4, 0.5) is 11.4 Å². The van der Waals surface area contributed by atoms with E-state index in [0.717, 1.165) is 0 Å². The van der Waals surface area contributed by atoms with E-state index in [2.05, 4.69) is 4.98 Å². The van der Waals surface area contributed by atoms with Crippen LogP contribution >= 0.6 is 23.2 Å². The average Bonchev–Trinajstić information content (AvgIpc) is 2.51. The highest BCUT2D eigenvalue weighted by Gasteiger charge is 2.31. The first-order valence-electron chi connectivity index (χ1n) is 4.59. The third kappa shape index (κ3) is 1.93. The lowest BCUT2D eigenvalue weighted by atomic mass is 10.3. The summed E-state index contributed by atoms with van der Waals surface area (Å²) in [5.74, 6) is -0.211. The maximum absolute atomic E-state index is 11.6. The monoisotopic (exact) mass is 261 g/mol. The number of β-amino-alcohol motifs (C(OH)–C–C–N with tert-alkyl or cyclic N) is 1. The summed E-state index contributed by atoms with van der Waals surface area (Å²) in [6, 6.07) is 1.46. The van der Waals surface area contributed by atoms with Gasteiger partial charge in [-0.05, 0) is 0 Å². The van der Waals surface area contributed by atoms with Crippen molar-refractivity contribution in [3.8, 4) is 0 Å². The van der Waals surface area contributed by atoms with Crippen LogP contribution in [0.1, 0.15) is 6.42 Å². The summed E-state index contributed by atoms with van der Waals surface area (Å²) >= 11 is 11.5. The van der Waals surface area contributed by atoms with E-state index in [9.17, 15) is 9.90 Å². The number of aliphatic hydroxyl groups is 1. The molecule has 1 amide bonds. The largest absolute Gasteiger partial charge is 0.395 e. The van der Waals surface area contributed by atoms with E-state index in [0.29, 0.717) is 5.69 Å². The van der Waals surface area contributed by atoms with Crippen LogP contribution in [0.15, 0.2) is 6.07 Å². The van der Waals surface area contributed by atoms with Gasteiger partial charge in [-0.25, -0.2) is 4.98 Å². The third-order valence-corrected chi connectivity index (χ3v) is 2.84. The molecular formula is C9H9Cl2N3O2. The van der Waals surface area contributed by atoms with Crippen LogP contribution in [-0.4, -0.2) is 28.6 Å². The Labute approximate surface area is 102 Å². The van der Waals surface area contributed by atoms with E-state index < -0.39 is 6.10 Å². The highest BCUT2D eigenvalue weighted by molar-refractivity contribution is 6.35. The molecule has 86 valence electrons. The number of rotatable bonds is 1. The molecule has 0 radical (unpaired) electrons. The number of hydrogen-bond donors (Lipinski definition) is 2. The van der Waals surface area contributed by atoms with E-state index in [-0.39, 0.29) is 34.9 Å². The molecule has 0 aliphatic carbocycles. The highest BCUT2D eigenvalue weighted by atomic mass is 35.5. The summed E-state index contributed by atoms with van der Waals surface area (Å²) in [5, 5.41) is 9.58. The summed E-state index contributed by atoms with van der Waals surface area (Å²) in [7, 11) is 0. The highest BCUT2D eigenvalue weighted by Crippen LogP contribution is 2.33. The number of amides is 1. The first-order chi connectivity index (χ1) is 7.49. The lowest BCUT2D eigenvalue weighted by molar-refractivity contribution is -0.117. The van der Waals surface area contributed by atoms with Crippen LogP contribution in [0.2, 0.25) is 10.3 Å². The summed E-state index contributed by atoms with van der Waals surface area (Å²) < 4.78 is 0. The molecule has 1 aromatic rings. The van der Waals surface area contributed by atoms with Crippen LogP contribution < -0.4 is 10.6 Å². The molecular weight excluding hydrogens is 253 g/mol. The van der Waals surface area contributed by atoms with Crippen molar-refractivity contribution in [1.82, 2.24) is 4.98 Å². The Bertz CT molecular complexity index is 453. The minimum absolute atomic E-state index is 0.0525. The van der Waals surface area contributed by atoms with Crippen molar-refractivity contribution in [2.75, 3.05) is 17.2 Å². The molecule has 7 heteroatoms. The number of nitrogen functional groups attached to an aromatic ring is 1. The first kappa shape index (κ1) is 11.4. The number of aliphatic hydroxyl groups excluding tert-OH is 1. The van der Waals surface area contributed by atoms with Crippen molar-refractivity contribution in [2.24, 2.45) is 0 Å². The quantitative estimate of drug-likeness (QED) is 0.742. The standard InChI is InChI=1S/C9H9Cl2N3O2/c10-6-2-5(8(12)9(11)13-6)14-3-4(15)1-7(14)16/h2,4,15H,1,3,12H2. The molecule has 0 bridgehead atoms. The number of anilines is 2. The molecule has 1 aliphatic heterocycles. The lowest BCUT2D eigenvalue weighted by Crippen LogP contribution is -2.26. The van der Waals surface area contributed by atoms with Gasteiger partial charge in [-0.2, -0.15) is 0 Å². The smallest absolute Gasteiger partial charge is 0.229 e. The minimum Gasteiger partial charge on any atom is -0.395 e. The normalized spacial score (nSPS) is 20.6. The maximum Gasteiger partial charge on any atom is 0.229 e. The molecule has 5 nitrogen and oxygen atoms in total. The van der Waals surface area contributed by atoms with Gasteiger partial charge in [0, 0.05) is 6.07 Å². The maximum atomic E-state index is 11.6. The summed E-state index contributed by atoms with van der Waals surface area (Å²) in [5.41, 5.74) is 6.29. The SMILES string of the molecule is Nc1c(N2CC(O)CC2=O)cc(Cl)nc1Cl. The fourth-order valence-corrected chi connectivity index (χ4v) is 2.05. The average molecular weight is 262 g/mol. The molecule has 1 fully saturated rings. The number of carbonyl (C=O) groups is 1. The van der Waals surface area contributed by atoms with Crippen LogP contribution in [0.25, 0.3) is 0 Å². The van der Waals surface area contributed by atoms with Gasteiger partial charge >= 0.3 is 0 Å². The molecule has 0 saturated carbocycles. The molecule has 2 rings (SSSR count). The Kier molecular flexibility index (Phi) is 2.92. The topological polar surface area (TPSA) is 79.5 Å². The summed E-state index contributed by atoms with van der Waals surface area (Å²) in [6.07, 6.45) is -0.602. The Balaban J connectivity index is 2.44. The zero-order valence-electron chi connectivity index (χ0n) is 8.15. The van der Waals surface area contributed by atoms with Crippen molar-refractivity contribution in [1.29, 1.82) is 0 Å². The van der Waals surface area contributed by atoms with Crippen LogP contribution in [-0.2, 0) is 4.79 Å². The second kappa shape index (κ2) is 4.08. The van der Waals surface area contributed by atoms with E-state index in [1.165, 1.54) is 11.0 Å². The van der Waals surface area contributed by atoms with Gasteiger partial charge in [0.05, 0.1) is 30.4 Å². The number of halogens is 2. The van der Waals surface area contributed by atoms with E-state index in [1.807, 2.05) is 0 Å². The number of carbonyl (C=O) groups excluding carboxylic acids is 1. The van der Waals surface area contributed by atoms with Gasteiger partial charge in [0.25, 0.3) is 0 Å². The van der Waals surface area contributed by atoms with Crippen LogP contribution in [0.3, 0.4) is 0 Å². The van der Waals surface area contributed by atoms with Crippen molar-refractivity contribution in [3.63, 3.8) is 0 Å². The van der Waals surface area contributed by atoms with Gasteiger partial charge in [0.2, 0.25) is 5.91 Å². The third-order valence-electron chi connectivity index (χ3n) is 2.35.